The maximum atomic E-state index is 12.5. The van der Waals surface area contributed by atoms with Gasteiger partial charge in [-0.2, -0.15) is 4.31 Å². The monoisotopic (exact) mass is 390 g/mol. The number of hydrogen-bond acceptors (Lipinski definition) is 5. The van der Waals surface area contributed by atoms with Crippen molar-refractivity contribution in [1.29, 1.82) is 0 Å². The molecule has 0 spiro atoms. The number of carbonyl (C=O) groups is 1. The van der Waals surface area contributed by atoms with Crippen molar-refractivity contribution in [2.75, 3.05) is 7.05 Å². The van der Waals surface area contributed by atoms with E-state index in [1.54, 1.807) is 10.9 Å². The van der Waals surface area contributed by atoms with Crippen LogP contribution in [0.3, 0.4) is 0 Å². The predicted molar refractivity (Wildman–Crippen MR) is 81.9 cm³/mol. The van der Waals surface area contributed by atoms with E-state index in [4.69, 9.17) is 5.11 Å². The van der Waals surface area contributed by atoms with Crippen molar-refractivity contribution in [2.24, 2.45) is 0 Å². The first-order valence-electron chi connectivity index (χ1n) is 5.68. The molecule has 2 rings (SSSR count). The largest absolute Gasteiger partial charge is 0.478 e. The zero-order chi connectivity index (χ0) is 15.6. The van der Waals surface area contributed by atoms with Gasteiger partial charge >= 0.3 is 5.97 Å². The molecule has 21 heavy (non-hydrogen) atoms. The van der Waals surface area contributed by atoms with Gasteiger partial charge in [0.15, 0.2) is 0 Å². The molecule has 1 aromatic carbocycles. The van der Waals surface area contributed by atoms with Gasteiger partial charge < -0.3 is 5.11 Å². The SMILES string of the molecule is CN(Cc1cscn1)S(=O)(=O)c1ccc(C(=O)O)cc1Br. The van der Waals surface area contributed by atoms with Crippen LogP contribution in [0.4, 0.5) is 0 Å². The molecule has 2 aromatic rings. The van der Waals surface area contributed by atoms with Crippen LogP contribution in [0.2, 0.25) is 0 Å². The fourth-order valence-electron chi connectivity index (χ4n) is 1.64. The number of benzene rings is 1. The summed E-state index contributed by atoms with van der Waals surface area (Å²) in [5, 5.41) is 10.7. The molecule has 0 saturated carbocycles. The Kier molecular flexibility index (Phi) is 4.77. The smallest absolute Gasteiger partial charge is 0.335 e. The third-order valence-electron chi connectivity index (χ3n) is 2.74. The Morgan fingerprint density at radius 2 is 2.19 bits per heavy atom. The second kappa shape index (κ2) is 6.22. The highest BCUT2D eigenvalue weighted by atomic mass is 79.9. The molecule has 0 unspecified atom stereocenters. The molecule has 1 heterocycles. The van der Waals surface area contributed by atoms with Crippen molar-refractivity contribution >= 4 is 43.3 Å². The van der Waals surface area contributed by atoms with Gasteiger partial charge in [-0.15, -0.1) is 11.3 Å². The molecule has 0 aliphatic rings. The zero-order valence-electron chi connectivity index (χ0n) is 10.9. The molecule has 0 fully saturated rings. The quantitative estimate of drug-likeness (QED) is 0.846. The Labute approximate surface area is 134 Å². The summed E-state index contributed by atoms with van der Waals surface area (Å²) >= 11 is 4.50. The van der Waals surface area contributed by atoms with Gasteiger partial charge in [-0.1, -0.05) is 0 Å². The van der Waals surface area contributed by atoms with Crippen LogP contribution in [0.1, 0.15) is 16.1 Å². The van der Waals surface area contributed by atoms with Gasteiger partial charge in [0.25, 0.3) is 0 Å². The summed E-state index contributed by atoms with van der Waals surface area (Å²) in [6, 6.07) is 3.81. The van der Waals surface area contributed by atoms with Crippen molar-refractivity contribution in [3.8, 4) is 0 Å². The normalized spacial score (nSPS) is 11.8. The second-order valence-corrected chi connectivity index (χ2v) is 7.78. The van der Waals surface area contributed by atoms with Gasteiger partial charge in [0.1, 0.15) is 0 Å². The lowest BCUT2D eigenvalue weighted by atomic mass is 10.2. The molecule has 0 atom stereocenters. The molecule has 0 aliphatic heterocycles. The summed E-state index contributed by atoms with van der Waals surface area (Å²) in [5.41, 5.74) is 2.31. The first kappa shape index (κ1) is 16.1. The van der Waals surface area contributed by atoms with Crippen LogP contribution in [-0.2, 0) is 16.6 Å². The summed E-state index contributed by atoms with van der Waals surface area (Å²) < 4.78 is 26.4. The standard InChI is InChI=1S/C12H11BrN2O4S2/c1-15(5-9-6-20-7-14-9)21(18,19)11-3-2-8(12(16)17)4-10(11)13/h2-4,6-7H,5H2,1H3,(H,16,17). The summed E-state index contributed by atoms with van der Waals surface area (Å²) in [6.07, 6.45) is 0. The van der Waals surface area contributed by atoms with E-state index in [9.17, 15) is 13.2 Å². The number of carboxylic acid groups (broad SMARTS) is 1. The van der Waals surface area contributed by atoms with E-state index in [2.05, 4.69) is 20.9 Å². The van der Waals surface area contributed by atoms with Crippen LogP contribution >= 0.6 is 27.3 Å². The van der Waals surface area contributed by atoms with Crippen molar-refractivity contribution in [2.45, 2.75) is 11.4 Å². The van der Waals surface area contributed by atoms with Crippen LogP contribution in [0.5, 0.6) is 0 Å². The highest BCUT2D eigenvalue weighted by Crippen LogP contribution is 2.26. The number of nitrogens with zero attached hydrogens (tertiary/aromatic N) is 2. The highest BCUT2D eigenvalue weighted by Gasteiger charge is 2.24. The lowest BCUT2D eigenvalue weighted by Crippen LogP contribution is -2.27. The minimum Gasteiger partial charge on any atom is -0.478 e. The Hall–Kier alpha value is -1.29. The third-order valence-corrected chi connectivity index (χ3v) is 6.15. The molecule has 0 saturated heterocycles. The van der Waals surface area contributed by atoms with E-state index in [1.807, 2.05) is 0 Å². The van der Waals surface area contributed by atoms with Gasteiger partial charge in [-0.05, 0) is 34.1 Å². The van der Waals surface area contributed by atoms with Gasteiger partial charge in [0.05, 0.1) is 28.2 Å². The second-order valence-electron chi connectivity index (χ2n) is 4.19. The van der Waals surface area contributed by atoms with E-state index in [1.165, 1.54) is 40.9 Å². The number of halogens is 1. The summed E-state index contributed by atoms with van der Waals surface area (Å²) in [6.45, 7) is 0.152. The van der Waals surface area contributed by atoms with Crippen LogP contribution in [0, 0.1) is 0 Å². The maximum absolute atomic E-state index is 12.5. The van der Waals surface area contributed by atoms with Gasteiger partial charge in [-0.3, -0.25) is 0 Å². The molecule has 0 aliphatic carbocycles. The maximum Gasteiger partial charge on any atom is 0.335 e. The average molecular weight is 391 g/mol. The molecular weight excluding hydrogens is 380 g/mol. The van der Waals surface area contributed by atoms with E-state index in [0.717, 1.165) is 0 Å². The molecule has 0 amide bonds. The van der Waals surface area contributed by atoms with E-state index < -0.39 is 16.0 Å². The van der Waals surface area contributed by atoms with Gasteiger partial charge in [-0.25, -0.2) is 18.2 Å². The molecule has 0 radical (unpaired) electrons. The fourth-order valence-corrected chi connectivity index (χ4v) is 4.37. The first-order chi connectivity index (χ1) is 9.82. The molecular formula is C12H11BrN2O4S2. The van der Waals surface area contributed by atoms with Crippen LogP contribution in [0.25, 0.3) is 0 Å². The number of thiazole rings is 1. The van der Waals surface area contributed by atoms with Gasteiger partial charge in [0, 0.05) is 16.9 Å². The molecule has 0 bridgehead atoms. The zero-order valence-corrected chi connectivity index (χ0v) is 14.1. The minimum absolute atomic E-state index is 0.0166. The van der Waals surface area contributed by atoms with E-state index >= 15 is 0 Å². The number of carboxylic acids is 1. The molecule has 1 aromatic heterocycles. The van der Waals surface area contributed by atoms with Crippen molar-refractivity contribution in [3.05, 3.63) is 44.8 Å². The Morgan fingerprint density at radius 3 is 2.71 bits per heavy atom. The van der Waals surface area contributed by atoms with Crippen molar-refractivity contribution in [1.82, 2.24) is 9.29 Å². The van der Waals surface area contributed by atoms with Crippen LogP contribution in [-0.4, -0.2) is 35.8 Å². The Morgan fingerprint density at radius 1 is 1.48 bits per heavy atom. The average Bonchev–Trinajstić information content (AvgIpc) is 2.90. The van der Waals surface area contributed by atoms with E-state index in [0.29, 0.717) is 5.69 Å². The molecule has 1 N–H and O–H groups in total. The predicted octanol–water partition coefficient (Wildman–Crippen LogP) is 2.42. The molecule has 112 valence electrons. The minimum atomic E-state index is -3.73. The number of hydrogen-bond donors (Lipinski definition) is 1. The summed E-state index contributed by atoms with van der Waals surface area (Å²) in [7, 11) is -2.28. The van der Waals surface area contributed by atoms with Gasteiger partial charge in [0.2, 0.25) is 10.0 Å². The highest BCUT2D eigenvalue weighted by molar-refractivity contribution is 9.10. The Bertz CT molecular complexity index is 760. The number of aromatic carboxylic acids is 1. The molecule has 6 nitrogen and oxygen atoms in total. The van der Waals surface area contributed by atoms with Crippen LogP contribution < -0.4 is 0 Å². The third kappa shape index (κ3) is 3.49. The summed E-state index contributed by atoms with van der Waals surface area (Å²) in [4.78, 5) is 14.9. The number of aromatic nitrogens is 1. The molecule has 9 heteroatoms. The van der Waals surface area contributed by atoms with Crippen molar-refractivity contribution in [3.63, 3.8) is 0 Å². The number of sulfonamides is 1. The first-order valence-corrected chi connectivity index (χ1v) is 8.86. The number of rotatable bonds is 5. The summed E-state index contributed by atoms with van der Waals surface area (Å²) in [5.74, 6) is -1.12. The lowest BCUT2D eigenvalue weighted by molar-refractivity contribution is 0.0696. The lowest BCUT2D eigenvalue weighted by Gasteiger charge is -2.17. The van der Waals surface area contributed by atoms with E-state index in [-0.39, 0.29) is 21.5 Å². The van der Waals surface area contributed by atoms with Crippen LogP contribution in [0.15, 0.2) is 38.5 Å². The topological polar surface area (TPSA) is 87.6 Å². The van der Waals surface area contributed by atoms with Crippen molar-refractivity contribution < 1.29 is 18.3 Å². The Balaban J connectivity index is 2.33. The fraction of sp³-hybridized carbons (Fsp3) is 0.167.